The van der Waals surface area contributed by atoms with E-state index in [4.69, 9.17) is 4.74 Å². The highest BCUT2D eigenvalue weighted by Gasteiger charge is 2.07. The Morgan fingerprint density at radius 1 is 1.31 bits per heavy atom. The maximum Gasteiger partial charge on any atom is 0.333 e. The number of carbonyl (C=O) groups is 1. The van der Waals surface area contributed by atoms with E-state index < -0.39 is 0 Å². The van der Waals surface area contributed by atoms with Gasteiger partial charge in [-0.2, -0.15) is 0 Å². The lowest BCUT2D eigenvalue weighted by atomic mass is 10.0. The van der Waals surface area contributed by atoms with Gasteiger partial charge in [0.05, 0.1) is 6.61 Å². The van der Waals surface area contributed by atoms with Crippen molar-refractivity contribution in [1.82, 2.24) is 0 Å². The first-order chi connectivity index (χ1) is 5.99. The number of hydrogen-bond donors (Lipinski definition) is 0. The molecule has 0 spiro atoms. The van der Waals surface area contributed by atoms with Gasteiger partial charge in [0, 0.05) is 5.57 Å². The van der Waals surface area contributed by atoms with Crippen molar-refractivity contribution in [2.75, 3.05) is 6.61 Å². The van der Waals surface area contributed by atoms with Crippen LogP contribution in [0.1, 0.15) is 34.1 Å². The summed E-state index contributed by atoms with van der Waals surface area (Å²) in [4.78, 5) is 11.3. The SMILES string of the molecule is C=C(C)CC(C)=C(C)C(=O)OCC. The molecule has 0 rings (SSSR count). The monoisotopic (exact) mass is 182 g/mol. The van der Waals surface area contributed by atoms with Crippen LogP contribution in [-0.2, 0) is 9.53 Å². The van der Waals surface area contributed by atoms with E-state index in [1.807, 2.05) is 13.8 Å². The molecule has 0 aliphatic rings. The number of ether oxygens (including phenoxy) is 1. The summed E-state index contributed by atoms with van der Waals surface area (Å²) in [6.07, 6.45) is 0.768. The summed E-state index contributed by atoms with van der Waals surface area (Å²) in [5.41, 5.74) is 2.79. The van der Waals surface area contributed by atoms with E-state index in [9.17, 15) is 4.79 Å². The third-order valence-electron chi connectivity index (χ3n) is 1.79. The van der Waals surface area contributed by atoms with Gasteiger partial charge < -0.3 is 4.74 Å². The third kappa shape index (κ3) is 4.51. The van der Waals surface area contributed by atoms with Crippen LogP contribution in [0, 0.1) is 0 Å². The molecule has 74 valence electrons. The average molecular weight is 182 g/mol. The normalized spacial score (nSPS) is 12.0. The van der Waals surface area contributed by atoms with E-state index in [1.54, 1.807) is 13.8 Å². The third-order valence-corrected chi connectivity index (χ3v) is 1.79. The summed E-state index contributed by atoms with van der Waals surface area (Å²) in [5, 5.41) is 0. The zero-order valence-corrected chi connectivity index (χ0v) is 8.94. The van der Waals surface area contributed by atoms with E-state index in [0.29, 0.717) is 12.2 Å². The van der Waals surface area contributed by atoms with Crippen molar-refractivity contribution < 1.29 is 9.53 Å². The fourth-order valence-corrected chi connectivity index (χ4v) is 0.999. The molecule has 0 radical (unpaired) electrons. The second kappa shape index (κ2) is 5.57. The Bertz CT molecular complexity index is 236. The van der Waals surface area contributed by atoms with Crippen molar-refractivity contribution >= 4 is 5.97 Å². The average Bonchev–Trinajstić information content (AvgIpc) is 2.02. The van der Waals surface area contributed by atoms with E-state index >= 15 is 0 Å². The van der Waals surface area contributed by atoms with Crippen molar-refractivity contribution in [3.05, 3.63) is 23.3 Å². The summed E-state index contributed by atoms with van der Waals surface area (Å²) < 4.78 is 4.88. The van der Waals surface area contributed by atoms with Gasteiger partial charge >= 0.3 is 5.97 Å². The number of carbonyl (C=O) groups excluding carboxylic acids is 1. The van der Waals surface area contributed by atoms with Crippen LogP contribution < -0.4 is 0 Å². The van der Waals surface area contributed by atoms with E-state index in [-0.39, 0.29) is 5.97 Å². The van der Waals surface area contributed by atoms with Crippen LogP contribution in [0.4, 0.5) is 0 Å². The largest absolute Gasteiger partial charge is 0.463 e. The van der Waals surface area contributed by atoms with Crippen molar-refractivity contribution in [2.24, 2.45) is 0 Å². The second-order valence-electron chi connectivity index (χ2n) is 3.26. The van der Waals surface area contributed by atoms with Gasteiger partial charge in [-0.1, -0.05) is 17.7 Å². The summed E-state index contributed by atoms with van der Waals surface area (Å²) in [5.74, 6) is -0.221. The summed E-state index contributed by atoms with van der Waals surface area (Å²) in [7, 11) is 0. The number of hydrogen-bond acceptors (Lipinski definition) is 2. The minimum Gasteiger partial charge on any atom is -0.463 e. The van der Waals surface area contributed by atoms with Crippen LogP contribution >= 0.6 is 0 Å². The molecular weight excluding hydrogens is 164 g/mol. The molecule has 0 aliphatic heterocycles. The van der Waals surface area contributed by atoms with Crippen LogP contribution in [0.2, 0.25) is 0 Å². The molecule has 0 atom stereocenters. The van der Waals surface area contributed by atoms with E-state index in [0.717, 1.165) is 17.6 Å². The van der Waals surface area contributed by atoms with Crippen LogP contribution in [0.5, 0.6) is 0 Å². The molecule has 0 saturated heterocycles. The first-order valence-corrected chi connectivity index (χ1v) is 4.46. The smallest absolute Gasteiger partial charge is 0.333 e. The Morgan fingerprint density at radius 3 is 2.23 bits per heavy atom. The van der Waals surface area contributed by atoms with Gasteiger partial charge in [-0.15, -0.1) is 0 Å². The first kappa shape index (κ1) is 11.9. The van der Waals surface area contributed by atoms with Gasteiger partial charge in [-0.05, 0) is 34.1 Å². The maximum absolute atomic E-state index is 11.3. The molecule has 0 bridgehead atoms. The minimum absolute atomic E-state index is 0.221. The molecule has 0 saturated carbocycles. The van der Waals surface area contributed by atoms with Crippen molar-refractivity contribution in [3.8, 4) is 0 Å². The van der Waals surface area contributed by atoms with Crippen molar-refractivity contribution in [3.63, 3.8) is 0 Å². The summed E-state index contributed by atoms with van der Waals surface area (Å²) in [6, 6.07) is 0. The molecule has 0 fully saturated rings. The molecule has 0 aromatic heterocycles. The highest BCUT2D eigenvalue weighted by Crippen LogP contribution is 2.13. The highest BCUT2D eigenvalue weighted by molar-refractivity contribution is 5.88. The molecule has 0 amide bonds. The van der Waals surface area contributed by atoms with Crippen molar-refractivity contribution in [1.29, 1.82) is 0 Å². The molecular formula is C11H18O2. The number of allylic oxidation sites excluding steroid dienone is 2. The predicted octanol–water partition coefficient (Wildman–Crippen LogP) is 2.85. The lowest BCUT2D eigenvalue weighted by Gasteiger charge is -2.06. The minimum atomic E-state index is -0.221. The molecule has 0 aromatic carbocycles. The van der Waals surface area contributed by atoms with Crippen LogP contribution in [0.25, 0.3) is 0 Å². The molecule has 2 heteroatoms. The van der Waals surface area contributed by atoms with Crippen molar-refractivity contribution in [2.45, 2.75) is 34.1 Å². The zero-order valence-electron chi connectivity index (χ0n) is 8.94. The van der Waals surface area contributed by atoms with Crippen LogP contribution in [0.15, 0.2) is 23.3 Å². The lowest BCUT2D eigenvalue weighted by molar-refractivity contribution is -0.138. The van der Waals surface area contributed by atoms with Gasteiger partial charge in [-0.3, -0.25) is 0 Å². The van der Waals surface area contributed by atoms with Gasteiger partial charge in [0.25, 0.3) is 0 Å². The zero-order chi connectivity index (χ0) is 10.4. The van der Waals surface area contributed by atoms with Crippen LogP contribution in [-0.4, -0.2) is 12.6 Å². The summed E-state index contributed by atoms with van der Waals surface area (Å²) >= 11 is 0. The molecule has 2 nitrogen and oxygen atoms in total. The predicted molar refractivity (Wildman–Crippen MR) is 54.4 cm³/mol. The molecule has 0 heterocycles. The Kier molecular flexibility index (Phi) is 5.12. The standard InChI is InChI=1S/C11H18O2/c1-6-13-11(12)10(5)9(4)7-8(2)3/h2,6-7H2,1,3-5H3. The van der Waals surface area contributed by atoms with Gasteiger partial charge in [-0.25, -0.2) is 4.79 Å². The topological polar surface area (TPSA) is 26.3 Å². The van der Waals surface area contributed by atoms with Gasteiger partial charge in [0.2, 0.25) is 0 Å². The first-order valence-electron chi connectivity index (χ1n) is 4.46. The highest BCUT2D eigenvalue weighted by atomic mass is 16.5. The van der Waals surface area contributed by atoms with E-state index in [1.165, 1.54) is 0 Å². The van der Waals surface area contributed by atoms with Gasteiger partial charge in [0.15, 0.2) is 0 Å². The van der Waals surface area contributed by atoms with Crippen LogP contribution in [0.3, 0.4) is 0 Å². The Labute approximate surface area is 80.3 Å². The fourth-order valence-electron chi connectivity index (χ4n) is 0.999. The Hall–Kier alpha value is -1.05. The lowest BCUT2D eigenvalue weighted by Crippen LogP contribution is -2.07. The Morgan fingerprint density at radius 2 is 1.85 bits per heavy atom. The number of rotatable bonds is 4. The molecule has 0 aromatic rings. The number of esters is 1. The summed E-state index contributed by atoms with van der Waals surface area (Å²) in [6.45, 7) is 11.7. The fraction of sp³-hybridized carbons (Fsp3) is 0.545. The Balaban J connectivity index is 4.41. The molecule has 0 aliphatic carbocycles. The van der Waals surface area contributed by atoms with E-state index in [2.05, 4.69) is 6.58 Å². The van der Waals surface area contributed by atoms with Gasteiger partial charge in [0.1, 0.15) is 0 Å². The maximum atomic E-state index is 11.3. The molecule has 0 unspecified atom stereocenters. The molecule has 13 heavy (non-hydrogen) atoms. The molecule has 0 N–H and O–H groups in total. The quantitative estimate of drug-likeness (QED) is 0.379. The second-order valence-corrected chi connectivity index (χ2v) is 3.26.